The van der Waals surface area contributed by atoms with Gasteiger partial charge in [0.05, 0.1) is 6.04 Å². The van der Waals surface area contributed by atoms with E-state index in [1.165, 1.54) is 11.1 Å². The zero-order valence-corrected chi connectivity index (χ0v) is 20.5. The van der Waals surface area contributed by atoms with Crippen LogP contribution in [0.2, 0.25) is 0 Å². The number of thioether (sulfide) groups is 1. The number of rotatable bonds is 10. The zero-order valence-electron chi connectivity index (χ0n) is 19.6. The summed E-state index contributed by atoms with van der Waals surface area (Å²) < 4.78 is 2.14. The van der Waals surface area contributed by atoms with Crippen molar-refractivity contribution >= 4 is 17.7 Å². The molecule has 5 nitrogen and oxygen atoms in total. The minimum atomic E-state index is 0.00585. The highest BCUT2D eigenvalue weighted by molar-refractivity contribution is 7.99. The second kappa shape index (κ2) is 11.7. The Kier molecular flexibility index (Phi) is 8.15. The van der Waals surface area contributed by atoms with Crippen LogP contribution >= 0.6 is 11.8 Å². The molecule has 0 aliphatic rings. The number of carbonyl (C=O) groups is 1. The van der Waals surface area contributed by atoms with Crippen LogP contribution in [0.1, 0.15) is 48.3 Å². The largest absolute Gasteiger partial charge is 0.350 e. The molecular formula is C28H30N4OS. The number of aryl methyl sites for hydroxylation is 1. The second-order valence-corrected chi connectivity index (χ2v) is 9.45. The molecule has 0 fully saturated rings. The van der Waals surface area contributed by atoms with Crippen LogP contribution in [0, 0.1) is 6.92 Å². The van der Waals surface area contributed by atoms with Crippen molar-refractivity contribution in [1.29, 1.82) is 0 Å². The summed E-state index contributed by atoms with van der Waals surface area (Å²) in [7, 11) is 0. The first-order valence-electron chi connectivity index (χ1n) is 11.6. The Balaban J connectivity index is 1.39. The molecule has 0 aliphatic carbocycles. The Morgan fingerprint density at radius 3 is 2.44 bits per heavy atom. The molecule has 1 heterocycles. The summed E-state index contributed by atoms with van der Waals surface area (Å²) in [6.07, 6.45) is 1.97. The molecule has 1 aromatic heterocycles. The normalized spacial score (nSPS) is 11.8. The fraction of sp³-hybridized carbons (Fsp3) is 0.250. The molecule has 174 valence electrons. The van der Waals surface area contributed by atoms with E-state index in [1.54, 1.807) is 11.8 Å². The molecule has 0 saturated heterocycles. The molecule has 6 heteroatoms. The van der Waals surface area contributed by atoms with Gasteiger partial charge in [-0.1, -0.05) is 84.6 Å². The molecule has 1 N–H and O–H groups in total. The van der Waals surface area contributed by atoms with Gasteiger partial charge in [0.2, 0.25) is 5.91 Å². The van der Waals surface area contributed by atoms with Gasteiger partial charge in [-0.3, -0.25) is 9.36 Å². The Morgan fingerprint density at radius 2 is 1.71 bits per heavy atom. The van der Waals surface area contributed by atoms with Gasteiger partial charge in [0, 0.05) is 24.3 Å². The Bertz CT molecular complexity index is 1210. The lowest BCUT2D eigenvalue weighted by Crippen LogP contribution is -2.26. The number of nitrogens with one attached hydrogen (secondary N) is 1. The quantitative estimate of drug-likeness (QED) is 0.231. The molecule has 1 unspecified atom stereocenters. The van der Waals surface area contributed by atoms with Gasteiger partial charge < -0.3 is 5.32 Å². The smallest absolute Gasteiger partial charge is 0.220 e. The summed E-state index contributed by atoms with van der Waals surface area (Å²) in [5, 5.41) is 13.0. The van der Waals surface area contributed by atoms with E-state index in [2.05, 4.69) is 63.4 Å². The first-order chi connectivity index (χ1) is 16.6. The molecule has 3 aromatic carbocycles. The van der Waals surface area contributed by atoms with Crippen molar-refractivity contribution in [2.45, 2.75) is 44.3 Å². The van der Waals surface area contributed by atoms with Crippen molar-refractivity contribution in [3.63, 3.8) is 0 Å². The summed E-state index contributed by atoms with van der Waals surface area (Å²) in [4.78, 5) is 12.4. The van der Waals surface area contributed by atoms with Crippen LogP contribution in [0.4, 0.5) is 0 Å². The third-order valence-corrected chi connectivity index (χ3v) is 6.64. The van der Waals surface area contributed by atoms with Crippen molar-refractivity contribution < 1.29 is 4.79 Å². The molecule has 0 saturated carbocycles. The molecule has 0 bridgehead atoms. The van der Waals surface area contributed by atoms with Gasteiger partial charge in [0.15, 0.2) is 5.16 Å². The SMILES string of the molecule is Cc1cccc(-n2c(Cc3ccccc3)nnc2SCCCC(=O)NC(C)c2ccccc2)c1. The van der Waals surface area contributed by atoms with E-state index < -0.39 is 0 Å². The number of nitrogens with zero attached hydrogens (tertiary/aromatic N) is 3. The van der Waals surface area contributed by atoms with Crippen LogP contribution in [-0.4, -0.2) is 26.4 Å². The first kappa shape index (κ1) is 23.8. The maximum atomic E-state index is 12.4. The number of carbonyl (C=O) groups excluding carboxylic acids is 1. The lowest BCUT2D eigenvalue weighted by atomic mass is 10.1. The second-order valence-electron chi connectivity index (χ2n) is 8.39. The highest BCUT2D eigenvalue weighted by Gasteiger charge is 2.16. The van der Waals surface area contributed by atoms with Crippen LogP contribution in [0.5, 0.6) is 0 Å². The van der Waals surface area contributed by atoms with E-state index in [-0.39, 0.29) is 11.9 Å². The maximum Gasteiger partial charge on any atom is 0.220 e. The fourth-order valence-electron chi connectivity index (χ4n) is 3.85. The lowest BCUT2D eigenvalue weighted by molar-refractivity contribution is -0.121. The van der Waals surface area contributed by atoms with Crippen LogP contribution in [0.15, 0.2) is 90.1 Å². The summed E-state index contributed by atoms with van der Waals surface area (Å²) in [5.41, 5.74) is 4.57. The average Bonchev–Trinajstić information content (AvgIpc) is 3.25. The summed E-state index contributed by atoms with van der Waals surface area (Å²) in [6, 6.07) is 28.8. The Hall–Kier alpha value is -3.38. The summed E-state index contributed by atoms with van der Waals surface area (Å²) >= 11 is 1.65. The van der Waals surface area contributed by atoms with Crippen molar-refractivity contribution in [3.05, 3.63) is 107 Å². The molecule has 4 rings (SSSR count). The van der Waals surface area contributed by atoms with Gasteiger partial charge >= 0.3 is 0 Å². The Morgan fingerprint density at radius 1 is 0.971 bits per heavy atom. The van der Waals surface area contributed by atoms with E-state index in [0.717, 1.165) is 34.4 Å². The molecule has 0 aliphatic heterocycles. The van der Waals surface area contributed by atoms with Crippen molar-refractivity contribution in [3.8, 4) is 5.69 Å². The predicted octanol–water partition coefficient (Wildman–Crippen LogP) is 5.92. The molecule has 4 aromatic rings. The summed E-state index contributed by atoms with van der Waals surface area (Å²) in [5.74, 6) is 1.78. The summed E-state index contributed by atoms with van der Waals surface area (Å²) in [6.45, 7) is 4.10. The van der Waals surface area contributed by atoms with E-state index >= 15 is 0 Å². The molecule has 1 amide bonds. The van der Waals surface area contributed by atoms with Crippen LogP contribution in [0.3, 0.4) is 0 Å². The van der Waals surface area contributed by atoms with Gasteiger partial charge in [0.25, 0.3) is 0 Å². The molecule has 0 radical (unpaired) electrons. The van der Waals surface area contributed by atoms with Gasteiger partial charge in [-0.05, 0) is 49.1 Å². The van der Waals surface area contributed by atoms with Gasteiger partial charge in [-0.2, -0.15) is 0 Å². The lowest BCUT2D eigenvalue weighted by Gasteiger charge is -2.14. The predicted molar refractivity (Wildman–Crippen MR) is 138 cm³/mol. The van der Waals surface area contributed by atoms with Crippen molar-refractivity contribution in [1.82, 2.24) is 20.1 Å². The maximum absolute atomic E-state index is 12.4. The molecular weight excluding hydrogens is 440 g/mol. The zero-order chi connectivity index (χ0) is 23.8. The van der Waals surface area contributed by atoms with Crippen LogP contribution < -0.4 is 5.32 Å². The van der Waals surface area contributed by atoms with Gasteiger partial charge in [0.1, 0.15) is 5.82 Å². The van der Waals surface area contributed by atoms with Crippen molar-refractivity contribution in [2.75, 3.05) is 5.75 Å². The number of hydrogen-bond donors (Lipinski definition) is 1. The Labute approximate surface area is 205 Å². The molecule has 34 heavy (non-hydrogen) atoms. The molecule has 1 atom stereocenters. The third-order valence-electron chi connectivity index (χ3n) is 5.62. The highest BCUT2D eigenvalue weighted by atomic mass is 32.2. The van der Waals surface area contributed by atoms with E-state index in [4.69, 9.17) is 0 Å². The monoisotopic (exact) mass is 470 g/mol. The average molecular weight is 471 g/mol. The third kappa shape index (κ3) is 6.35. The van der Waals surface area contributed by atoms with Crippen molar-refractivity contribution in [2.24, 2.45) is 0 Å². The highest BCUT2D eigenvalue weighted by Crippen LogP contribution is 2.25. The van der Waals surface area contributed by atoms with E-state index in [0.29, 0.717) is 12.8 Å². The number of benzene rings is 3. The number of amides is 1. The van der Waals surface area contributed by atoms with Crippen LogP contribution in [0.25, 0.3) is 5.69 Å². The van der Waals surface area contributed by atoms with E-state index in [1.807, 2.05) is 55.5 Å². The number of hydrogen-bond acceptors (Lipinski definition) is 4. The first-order valence-corrected chi connectivity index (χ1v) is 12.6. The topological polar surface area (TPSA) is 59.8 Å². The molecule has 0 spiro atoms. The fourth-order valence-corrected chi connectivity index (χ4v) is 4.76. The minimum absolute atomic E-state index is 0.00585. The van der Waals surface area contributed by atoms with E-state index in [9.17, 15) is 4.79 Å². The standard InChI is InChI=1S/C28H30N4OS/c1-21-11-9-16-25(19-21)32-26(20-23-12-5-3-6-13-23)30-31-28(32)34-18-10-17-27(33)29-22(2)24-14-7-4-8-15-24/h3-9,11-16,19,22H,10,17-18,20H2,1-2H3,(H,29,33). The van der Waals surface area contributed by atoms with Gasteiger partial charge in [-0.15, -0.1) is 10.2 Å². The minimum Gasteiger partial charge on any atom is -0.350 e. The van der Waals surface area contributed by atoms with Gasteiger partial charge in [-0.25, -0.2) is 0 Å². The van der Waals surface area contributed by atoms with Crippen LogP contribution in [-0.2, 0) is 11.2 Å². The number of aromatic nitrogens is 3.